The first kappa shape index (κ1) is 15.9. The Morgan fingerprint density at radius 3 is 2.50 bits per heavy atom. The predicted molar refractivity (Wildman–Crippen MR) is 101 cm³/mol. The van der Waals surface area contributed by atoms with Gasteiger partial charge in [0.05, 0.1) is 5.71 Å². The number of hydrogen-bond acceptors (Lipinski definition) is 3. The Bertz CT molecular complexity index is 862. The first-order valence-electron chi connectivity index (χ1n) is 8.25. The smallest absolute Gasteiger partial charge is 0.255 e. The molecule has 0 radical (unpaired) electrons. The van der Waals surface area contributed by atoms with Crippen LogP contribution < -0.4 is 4.90 Å². The van der Waals surface area contributed by atoms with Crippen molar-refractivity contribution in [2.75, 3.05) is 11.4 Å². The zero-order valence-electron chi connectivity index (χ0n) is 14.0. The van der Waals surface area contributed by atoms with Gasteiger partial charge in [0.2, 0.25) is 0 Å². The molecular weight excluding hydrogens is 340 g/mol. The number of aryl methyl sites for hydroxylation is 1. The predicted octanol–water partition coefficient (Wildman–Crippen LogP) is 4.75. The number of aliphatic imine (C=N–C) groups is 1. The lowest BCUT2D eigenvalue weighted by Crippen LogP contribution is -2.38. The monoisotopic (exact) mass is 358 g/mol. The summed E-state index contributed by atoms with van der Waals surface area (Å²) in [7, 11) is 0. The van der Waals surface area contributed by atoms with Crippen LogP contribution in [0.4, 0.5) is 5.00 Å². The maximum absolute atomic E-state index is 13.1. The highest BCUT2D eigenvalue weighted by molar-refractivity contribution is 7.17. The molecule has 0 atom stereocenters. The maximum Gasteiger partial charge on any atom is 0.255 e. The molecule has 5 heteroatoms. The third-order valence-electron chi connectivity index (χ3n) is 4.98. The van der Waals surface area contributed by atoms with Gasteiger partial charge in [-0.1, -0.05) is 23.7 Å². The molecule has 1 aliphatic carbocycles. The number of halogens is 1. The van der Waals surface area contributed by atoms with E-state index < -0.39 is 5.54 Å². The van der Waals surface area contributed by atoms with E-state index in [9.17, 15) is 4.79 Å². The van der Waals surface area contributed by atoms with Crippen LogP contribution >= 0.6 is 22.9 Å². The van der Waals surface area contributed by atoms with E-state index in [1.807, 2.05) is 36.1 Å². The molecule has 0 saturated heterocycles. The minimum atomic E-state index is -0.552. The van der Waals surface area contributed by atoms with Gasteiger partial charge >= 0.3 is 0 Å². The lowest BCUT2D eigenvalue weighted by molar-refractivity contribution is -0.120. The standard InChI is InChI=1S/C19H19ClN2OS/c1-4-22-17-15(11(2)12(3)24-17)16(13-5-7-14(20)8-6-13)21-19(9-10-19)18(22)23/h5-8H,4,9-10H2,1-3H3. The molecule has 1 fully saturated rings. The number of anilines is 1. The van der Waals surface area contributed by atoms with Gasteiger partial charge in [-0.3, -0.25) is 9.79 Å². The number of carbonyl (C=O) groups excluding carboxylic acids is 1. The molecule has 0 unspecified atom stereocenters. The van der Waals surface area contributed by atoms with Crippen LogP contribution in [0.25, 0.3) is 0 Å². The van der Waals surface area contributed by atoms with Crippen LogP contribution in [-0.2, 0) is 4.79 Å². The lowest BCUT2D eigenvalue weighted by atomic mass is 10.00. The molecule has 2 heterocycles. The summed E-state index contributed by atoms with van der Waals surface area (Å²) in [5.41, 5.74) is 3.74. The number of hydrogen-bond donors (Lipinski definition) is 0. The second kappa shape index (κ2) is 5.43. The Hall–Kier alpha value is -1.65. The summed E-state index contributed by atoms with van der Waals surface area (Å²) in [6.45, 7) is 6.95. The molecule has 1 spiro atoms. The highest BCUT2D eigenvalue weighted by atomic mass is 35.5. The van der Waals surface area contributed by atoms with Crippen molar-refractivity contribution >= 4 is 39.6 Å². The van der Waals surface area contributed by atoms with Crippen molar-refractivity contribution in [3.8, 4) is 0 Å². The van der Waals surface area contributed by atoms with Crippen molar-refractivity contribution in [2.24, 2.45) is 4.99 Å². The van der Waals surface area contributed by atoms with Crippen molar-refractivity contribution in [1.29, 1.82) is 0 Å². The first-order valence-corrected chi connectivity index (χ1v) is 9.44. The summed E-state index contributed by atoms with van der Waals surface area (Å²) >= 11 is 7.75. The Morgan fingerprint density at radius 1 is 1.25 bits per heavy atom. The minimum absolute atomic E-state index is 0.150. The number of fused-ring (bicyclic) bond motifs is 1. The van der Waals surface area contributed by atoms with E-state index in [0.29, 0.717) is 11.6 Å². The molecule has 1 saturated carbocycles. The highest BCUT2D eigenvalue weighted by Gasteiger charge is 2.54. The summed E-state index contributed by atoms with van der Waals surface area (Å²) in [5.74, 6) is 0.150. The average molecular weight is 359 g/mol. The maximum atomic E-state index is 13.1. The summed E-state index contributed by atoms with van der Waals surface area (Å²) in [5, 5.41) is 1.74. The second-order valence-corrected chi connectivity index (χ2v) is 8.15. The summed E-state index contributed by atoms with van der Waals surface area (Å²) in [6, 6.07) is 7.77. The van der Waals surface area contributed by atoms with Gasteiger partial charge < -0.3 is 4.90 Å². The van der Waals surface area contributed by atoms with Crippen LogP contribution in [0.3, 0.4) is 0 Å². The molecule has 24 heavy (non-hydrogen) atoms. The molecule has 1 amide bonds. The van der Waals surface area contributed by atoms with E-state index in [1.54, 1.807) is 11.3 Å². The Kier molecular flexibility index (Phi) is 3.59. The normalized spacial score (nSPS) is 18.4. The average Bonchev–Trinajstić information content (AvgIpc) is 3.31. The van der Waals surface area contributed by atoms with Crippen LogP contribution in [0.2, 0.25) is 5.02 Å². The number of carbonyl (C=O) groups is 1. The van der Waals surface area contributed by atoms with E-state index in [1.165, 1.54) is 10.4 Å². The zero-order chi connectivity index (χ0) is 17.1. The van der Waals surface area contributed by atoms with Crippen molar-refractivity contribution < 1.29 is 4.79 Å². The van der Waals surface area contributed by atoms with Gasteiger partial charge in [-0.05, 0) is 51.3 Å². The molecule has 1 aliphatic heterocycles. The lowest BCUT2D eigenvalue weighted by Gasteiger charge is -2.21. The van der Waals surface area contributed by atoms with Crippen molar-refractivity contribution in [2.45, 2.75) is 39.2 Å². The van der Waals surface area contributed by atoms with Crippen LogP contribution in [0.15, 0.2) is 29.3 Å². The minimum Gasteiger partial charge on any atom is -0.301 e. The van der Waals surface area contributed by atoms with Crippen LogP contribution in [0.5, 0.6) is 0 Å². The van der Waals surface area contributed by atoms with Crippen LogP contribution in [0, 0.1) is 13.8 Å². The number of amides is 1. The van der Waals surface area contributed by atoms with Crippen LogP contribution in [-0.4, -0.2) is 23.7 Å². The van der Waals surface area contributed by atoms with E-state index >= 15 is 0 Å². The van der Waals surface area contributed by atoms with Gasteiger partial charge in [-0.15, -0.1) is 11.3 Å². The van der Waals surface area contributed by atoms with Crippen molar-refractivity contribution in [3.63, 3.8) is 0 Å². The van der Waals surface area contributed by atoms with Crippen molar-refractivity contribution in [3.05, 3.63) is 50.9 Å². The van der Waals surface area contributed by atoms with Gasteiger partial charge in [-0.25, -0.2) is 0 Å². The summed E-state index contributed by atoms with van der Waals surface area (Å²) in [4.78, 5) is 21.2. The third kappa shape index (κ3) is 2.24. The molecule has 0 bridgehead atoms. The SMILES string of the molecule is CCN1C(=O)C2(CC2)N=C(c2ccc(Cl)cc2)c2c1sc(C)c2C. The van der Waals surface area contributed by atoms with Gasteiger partial charge in [-0.2, -0.15) is 0 Å². The Balaban J connectivity index is 2.00. The number of nitrogens with zero attached hydrogens (tertiary/aromatic N) is 2. The Labute approximate surface area is 151 Å². The fraction of sp³-hybridized carbons (Fsp3) is 0.368. The molecule has 1 aromatic carbocycles. The molecule has 4 rings (SSSR count). The number of benzene rings is 1. The summed E-state index contributed by atoms with van der Waals surface area (Å²) in [6.07, 6.45) is 1.68. The molecule has 2 aliphatic rings. The topological polar surface area (TPSA) is 32.7 Å². The van der Waals surface area contributed by atoms with Crippen LogP contribution in [0.1, 0.15) is 41.3 Å². The largest absolute Gasteiger partial charge is 0.301 e. The first-order chi connectivity index (χ1) is 11.5. The number of thiophene rings is 1. The van der Waals surface area contributed by atoms with E-state index in [4.69, 9.17) is 16.6 Å². The molecule has 1 aromatic heterocycles. The molecular formula is C19H19ClN2OS. The molecule has 3 nitrogen and oxygen atoms in total. The highest BCUT2D eigenvalue weighted by Crippen LogP contribution is 2.48. The summed E-state index contributed by atoms with van der Waals surface area (Å²) < 4.78 is 0. The second-order valence-electron chi connectivity index (χ2n) is 6.51. The van der Waals surface area contributed by atoms with Gasteiger partial charge in [0.25, 0.3) is 5.91 Å². The number of likely N-dealkylation sites (N-methyl/N-ethyl adjacent to an activating group) is 1. The number of rotatable bonds is 2. The van der Waals surface area contributed by atoms with E-state index in [-0.39, 0.29) is 5.91 Å². The van der Waals surface area contributed by atoms with Gasteiger partial charge in [0.15, 0.2) is 0 Å². The quantitative estimate of drug-likeness (QED) is 0.762. The van der Waals surface area contributed by atoms with Gasteiger partial charge in [0, 0.05) is 27.6 Å². The van der Waals surface area contributed by atoms with E-state index in [0.717, 1.165) is 34.7 Å². The van der Waals surface area contributed by atoms with E-state index in [2.05, 4.69) is 13.8 Å². The fourth-order valence-electron chi connectivity index (χ4n) is 3.29. The van der Waals surface area contributed by atoms with Gasteiger partial charge in [0.1, 0.15) is 10.5 Å². The molecule has 0 N–H and O–H groups in total. The third-order valence-corrected chi connectivity index (χ3v) is 6.46. The van der Waals surface area contributed by atoms with Crippen molar-refractivity contribution in [1.82, 2.24) is 0 Å². The molecule has 2 aromatic rings. The fourth-order valence-corrected chi connectivity index (χ4v) is 4.63. The zero-order valence-corrected chi connectivity index (χ0v) is 15.6. The molecule has 124 valence electrons. The Morgan fingerprint density at radius 2 is 1.92 bits per heavy atom.